The number of nitrogens with one attached hydrogen (secondary N) is 1. The molecule has 32 heavy (non-hydrogen) atoms. The summed E-state index contributed by atoms with van der Waals surface area (Å²) >= 11 is 0. The highest BCUT2D eigenvalue weighted by Gasteiger charge is 2.49. The number of methoxy groups -OCH3 is 2. The van der Waals surface area contributed by atoms with Gasteiger partial charge in [0, 0.05) is 57.5 Å². The fourth-order valence-electron chi connectivity index (χ4n) is 5.22. The summed E-state index contributed by atoms with van der Waals surface area (Å²) in [5.74, 6) is 0.583. The van der Waals surface area contributed by atoms with Gasteiger partial charge in [-0.3, -0.25) is 14.7 Å². The first-order valence-electron chi connectivity index (χ1n) is 11.8. The molecule has 0 aromatic rings. The van der Waals surface area contributed by atoms with E-state index in [4.69, 9.17) is 19.2 Å². The Bertz CT molecular complexity index is 832. The summed E-state index contributed by atoms with van der Waals surface area (Å²) in [6.45, 7) is 9.63. The van der Waals surface area contributed by atoms with Gasteiger partial charge in [-0.1, -0.05) is 0 Å². The van der Waals surface area contributed by atoms with E-state index in [1.165, 1.54) is 0 Å². The number of nitrogens with zero attached hydrogens (tertiary/aromatic N) is 3. The Hall–Kier alpha value is -1.61. The van der Waals surface area contributed by atoms with Gasteiger partial charge in [0.25, 0.3) is 0 Å². The van der Waals surface area contributed by atoms with E-state index in [-0.39, 0.29) is 17.6 Å². The van der Waals surface area contributed by atoms with E-state index < -0.39 is 5.66 Å². The molecule has 178 valence electrons. The first-order valence-corrected chi connectivity index (χ1v) is 11.8. The summed E-state index contributed by atoms with van der Waals surface area (Å²) in [6.07, 6.45) is 3.44. The molecule has 0 bridgehead atoms. The predicted molar refractivity (Wildman–Crippen MR) is 123 cm³/mol. The van der Waals surface area contributed by atoms with Gasteiger partial charge in [-0.15, -0.1) is 0 Å². The van der Waals surface area contributed by atoms with Gasteiger partial charge in [0.1, 0.15) is 0 Å². The van der Waals surface area contributed by atoms with Gasteiger partial charge in [0.05, 0.1) is 43.6 Å². The third-order valence-corrected chi connectivity index (χ3v) is 7.26. The Balaban J connectivity index is 1.60. The fraction of sp³-hybridized carbons (Fsp3) is 0.792. The average Bonchev–Trinajstić information content (AvgIpc) is 3.60. The molecule has 3 aliphatic heterocycles. The Morgan fingerprint density at radius 2 is 1.94 bits per heavy atom. The van der Waals surface area contributed by atoms with Gasteiger partial charge in [-0.25, -0.2) is 0 Å². The van der Waals surface area contributed by atoms with E-state index >= 15 is 0 Å². The number of carbonyl (C=O) groups is 1. The first-order chi connectivity index (χ1) is 15.2. The smallest absolute Gasteiger partial charge is 0.225 e. The SMILES string of the molecule is COCCC(=O)N1CCN(C2(C)N=C(C3CC3)C3=C(CC(C)(C)OC3)C2=N)CC1COC. The zero-order chi connectivity index (χ0) is 23.1. The topological polar surface area (TPSA) is 87.5 Å². The number of hydrogen-bond acceptors (Lipinski definition) is 7. The van der Waals surface area contributed by atoms with Gasteiger partial charge in [0.2, 0.25) is 5.91 Å². The van der Waals surface area contributed by atoms with Crippen LogP contribution in [-0.4, -0.2) is 98.1 Å². The van der Waals surface area contributed by atoms with Gasteiger partial charge >= 0.3 is 0 Å². The van der Waals surface area contributed by atoms with Crippen LogP contribution in [0, 0.1) is 11.3 Å². The Kier molecular flexibility index (Phi) is 6.60. The molecule has 0 spiro atoms. The van der Waals surface area contributed by atoms with Gasteiger partial charge < -0.3 is 24.5 Å². The van der Waals surface area contributed by atoms with E-state index in [0.29, 0.717) is 57.5 Å². The molecule has 4 aliphatic rings. The monoisotopic (exact) mass is 446 g/mol. The number of hydrogen-bond donors (Lipinski definition) is 1. The van der Waals surface area contributed by atoms with E-state index in [2.05, 4.69) is 25.7 Å². The highest BCUT2D eigenvalue weighted by Crippen LogP contribution is 2.44. The normalized spacial score (nSPS) is 30.9. The standard InChI is InChI=1S/C24H38N4O4/c1-23(2)12-18-19(15-32-23)21(16-6-7-16)26-24(3,22(18)25)27-9-10-28(17(13-27)14-31-5)20(29)8-11-30-4/h16-17,25H,6-15H2,1-5H3. The van der Waals surface area contributed by atoms with E-state index in [9.17, 15) is 10.2 Å². The lowest BCUT2D eigenvalue weighted by Gasteiger charge is -2.50. The highest BCUT2D eigenvalue weighted by molar-refractivity contribution is 6.18. The number of piperazine rings is 1. The van der Waals surface area contributed by atoms with Crippen LogP contribution >= 0.6 is 0 Å². The van der Waals surface area contributed by atoms with Crippen molar-refractivity contribution in [3.05, 3.63) is 11.1 Å². The van der Waals surface area contributed by atoms with Crippen molar-refractivity contribution in [3.8, 4) is 0 Å². The zero-order valence-corrected chi connectivity index (χ0v) is 20.2. The maximum atomic E-state index is 12.8. The number of amides is 1. The van der Waals surface area contributed by atoms with Gasteiger partial charge in [0.15, 0.2) is 5.66 Å². The lowest BCUT2D eigenvalue weighted by atomic mass is 9.79. The van der Waals surface area contributed by atoms with Crippen molar-refractivity contribution in [2.45, 2.75) is 63.8 Å². The molecule has 2 unspecified atom stereocenters. The summed E-state index contributed by atoms with van der Waals surface area (Å²) in [5, 5.41) is 9.23. The number of rotatable bonds is 7. The Labute approximate surface area is 191 Å². The molecule has 3 heterocycles. The molecule has 2 fully saturated rings. The number of ether oxygens (including phenoxy) is 3. The summed E-state index contributed by atoms with van der Waals surface area (Å²) in [6, 6.07) is -0.0659. The molecule has 8 heteroatoms. The van der Waals surface area contributed by atoms with Crippen LogP contribution < -0.4 is 0 Å². The molecular weight excluding hydrogens is 408 g/mol. The lowest BCUT2D eigenvalue weighted by Crippen LogP contribution is -2.65. The molecule has 0 aromatic carbocycles. The molecule has 1 aliphatic carbocycles. The molecule has 1 amide bonds. The minimum atomic E-state index is -0.724. The first kappa shape index (κ1) is 23.5. The second kappa shape index (κ2) is 8.97. The van der Waals surface area contributed by atoms with Crippen LogP contribution in [0.2, 0.25) is 0 Å². The van der Waals surface area contributed by atoms with Crippen molar-refractivity contribution >= 4 is 17.3 Å². The van der Waals surface area contributed by atoms with Crippen molar-refractivity contribution in [3.63, 3.8) is 0 Å². The van der Waals surface area contributed by atoms with Crippen LogP contribution in [-0.2, 0) is 19.0 Å². The van der Waals surface area contributed by atoms with E-state index in [0.717, 1.165) is 36.1 Å². The molecule has 4 rings (SSSR count). The third-order valence-electron chi connectivity index (χ3n) is 7.26. The van der Waals surface area contributed by atoms with Crippen LogP contribution in [0.15, 0.2) is 16.1 Å². The van der Waals surface area contributed by atoms with Crippen LogP contribution in [0.3, 0.4) is 0 Å². The van der Waals surface area contributed by atoms with Crippen molar-refractivity contribution in [1.29, 1.82) is 5.41 Å². The van der Waals surface area contributed by atoms with Crippen LogP contribution in [0.25, 0.3) is 0 Å². The summed E-state index contributed by atoms with van der Waals surface area (Å²) in [4.78, 5) is 22.2. The van der Waals surface area contributed by atoms with Crippen LogP contribution in [0.4, 0.5) is 0 Å². The minimum Gasteiger partial charge on any atom is -0.384 e. The highest BCUT2D eigenvalue weighted by atomic mass is 16.5. The van der Waals surface area contributed by atoms with Crippen LogP contribution in [0.5, 0.6) is 0 Å². The molecule has 1 N–H and O–H groups in total. The molecule has 0 radical (unpaired) electrons. The fourth-order valence-corrected chi connectivity index (χ4v) is 5.22. The Morgan fingerprint density at radius 3 is 2.59 bits per heavy atom. The largest absolute Gasteiger partial charge is 0.384 e. The molecule has 1 saturated heterocycles. The van der Waals surface area contributed by atoms with Crippen molar-refractivity contribution in [2.24, 2.45) is 10.9 Å². The molecule has 8 nitrogen and oxygen atoms in total. The molecule has 1 saturated carbocycles. The summed E-state index contributed by atoms with van der Waals surface area (Å²) in [5.41, 5.74) is 3.00. The van der Waals surface area contributed by atoms with E-state index in [1.807, 2.05) is 4.90 Å². The average molecular weight is 447 g/mol. The van der Waals surface area contributed by atoms with Crippen molar-refractivity contribution in [1.82, 2.24) is 9.80 Å². The second-order valence-corrected chi connectivity index (χ2v) is 10.2. The minimum absolute atomic E-state index is 0.0659. The van der Waals surface area contributed by atoms with E-state index in [1.54, 1.807) is 14.2 Å². The second-order valence-electron chi connectivity index (χ2n) is 10.2. The van der Waals surface area contributed by atoms with Gasteiger partial charge in [-0.05, 0) is 39.2 Å². The summed E-state index contributed by atoms with van der Waals surface area (Å²) in [7, 11) is 3.29. The Morgan fingerprint density at radius 1 is 1.19 bits per heavy atom. The third kappa shape index (κ3) is 4.42. The lowest BCUT2D eigenvalue weighted by molar-refractivity contribution is -0.139. The van der Waals surface area contributed by atoms with Gasteiger partial charge in [-0.2, -0.15) is 0 Å². The predicted octanol–water partition coefficient (Wildman–Crippen LogP) is 2.28. The zero-order valence-electron chi connectivity index (χ0n) is 20.2. The maximum Gasteiger partial charge on any atom is 0.225 e. The molecular formula is C24H38N4O4. The summed E-state index contributed by atoms with van der Waals surface area (Å²) < 4.78 is 16.7. The van der Waals surface area contributed by atoms with Crippen molar-refractivity contribution < 1.29 is 19.0 Å². The van der Waals surface area contributed by atoms with Crippen molar-refractivity contribution in [2.75, 3.05) is 53.7 Å². The number of aliphatic imine (C=N–C) groups is 1. The number of dihydropyridines is 1. The quantitative estimate of drug-likeness (QED) is 0.648. The molecule has 2 atom stereocenters. The van der Waals surface area contributed by atoms with Crippen LogP contribution in [0.1, 0.15) is 46.5 Å². The molecule has 0 aromatic heterocycles. The maximum absolute atomic E-state index is 12.8. The number of carbonyl (C=O) groups excluding carboxylic acids is 1.